The molecule has 1 atom stereocenters. The molecule has 0 heterocycles. The predicted octanol–water partition coefficient (Wildman–Crippen LogP) is 2.64. The van der Waals surface area contributed by atoms with Crippen molar-refractivity contribution in [3.63, 3.8) is 0 Å². The second-order valence-electron chi connectivity index (χ2n) is 4.37. The SMILES string of the molecule is CCC(O)CCCNCc1ccc(C)cc1. The highest BCUT2D eigenvalue weighted by atomic mass is 16.3. The second kappa shape index (κ2) is 7.42. The molecule has 1 aromatic rings. The second-order valence-corrected chi connectivity index (χ2v) is 4.37. The molecule has 0 saturated carbocycles. The van der Waals surface area contributed by atoms with Gasteiger partial charge in [0.25, 0.3) is 0 Å². The van der Waals surface area contributed by atoms with Crippen molar-refractivity contribution in [1.82, 2.24) is 5.32 Å². The highest BCUT2D eigenvalue weighted by Gasteiger charge is 1.99. The van der Waals surface area contributed by atoms with Crippen LogP contribution in [0.2, 0.25) is 0 Å². The minimum Gasteiger partial charge on any atom is -0.393 e. The Kier molecular flexibility index (Phi) is 6.12. The monoisotopic (exact) mass is 221 g/mol. The molecule has 0 spiro atoms. The van der Waals surface area contributed by atoms with Gasteiger partial charge in [-0.05, 0) is 38.3 Å². The molecule has 2 heteroatoms. The maximum atomic E-state index is 9.38. The van der Waals surface area contributed by atoms with Gasteiger partial charge in [-0.1, -0.05) is 36.8 Å². The van der Waals surface area contributed by atoms with E-state index in [0.717, 1.165) is 32.4 Å². The third-order valence-electron chi connectivity index (χ3n) is 2.81. The van der Waals surface area contributed by atoms with E-state index >= 15 is 0 Å². The zero-order chi connectivity index (χ0) is 11.8. The quantitative estimate of drug-likeness (QED) is 0.694. The number of rotatable bonds is 7. The molecule has 1 rings (SSSR count). The summed E-state index contributed by atoms with van der Waals surface area (Å²) in [5.74, 6) is 0. The third-order valence-corrected chi connectivity index (χ3v) is 2.81. The summed E-state index contributed by atoms with van der Waals surface area (Å²) in [7, 11) is 0. The molecule has 0 aliphatic heterocycles. The summed E-state index contributed by atoms with van der Waals surface area (Å²) in [5.41, 5.74) is 2.62. The van der Waals surface area contributed by atoms with Crippen LogP contribution < -0.4 is 5.32 Å². The Labute approximate surface area is 98.7 Å². The van der Waals surface area contributed by atoms with Crippen molar-refractivity contribution in [2.45, 2.75) is 45.8 Å². The van der Waals surface area contributed by atoms with Crippen LogP contribution in [0.4, 0.5) is 0 Å². The number of aliphatic hydroxyl groups is 1. The lowest BCUT2D eigenvalue weighted by Gasteiger charge is -2.08. The lowest BCUT2D eigenvalue weighted by atomic mass is 10.1. The third kappa shape index (κ3) is 5.29. The van der Waals surface area contributed by atoms with Crippen molar-refractivity contribution in [3.8, 4) is 0 Å². The molecule has 0 aliphatic rings. The average Bonchev–Trinajstić information content (AvgIpc) is 2.31. The molecule has 1 unspecified atom stereocenters. The van der Waals surface area contributed by atoms with Crippen LogP contribution in [0.25, 0.3) is 0 Å². The van der Waals surface area contributed by atoms with E-state index in [1.807, 2.05) is 6.92 Å². The number of hydrogen-bond acceptors (Lipinski definition) is 2. The molecule has 0 radical (unpaired) electrons. The summed E-state index contributed by atoms with van der Waals surface area (Å²) in [6.07, 6.45) is 2.68. The fraction of sp³-hybridized carbons (Fsp3) is 0.571. The van der Waals surface area contributed by atoms with Crippen molar-refractivity contribution in [3.05, 3.63) is 35.4 Å². The van der Waals surface area contributed by atoms with E-state index in [2.05, 4.69) is 36.5 Å². The summed E-state index contributed by atoms with van der Waals surface area (Å²) >= 11 is 0. The molecule has 16 heavy (non-hydrogen) atoms. The molecular weight excluding hydrogens is 198 g/mol. The lowest BCUT2D eigenvalue weighted by molar-refractivity contribution is 0.157. The van der Waals surface area contributed by atoms with Gasteiger partial charge in [0, 0.05) is 6.54 Å². The largest absolute Gasteiger partial charge is 0.393 e. The topological polar surface area (TPSA) is 32.3 Å². The zero-order valence-corrected chi connectivity index (χ0v) is 10.4. The van der Waals surface area contributed by atoms with Crippen LogP contribution in [0.5, 0.6) is 0 Å². The predicted molar refractivity (Wildman–Crippen MR) is 68.4 cm³/mol. The molecule has 0 aliphatic carbocycles. The summed E-state index contributed by atoms with van der Waals surface area (Å²) in [6.45, 7) is 6.02. The van der Waals surface area contributed by atoms with E-state index < -0.39 is 0 Å². The van der Waals surface area contributed by atoms with E-state index in [1.54, 1.807) is 0 Å². The Bertz CT molecular complexity index is 281. The van der Waals surface area contributed by atoms with Gasteiger partial charge in [-0.25, -0.2) is 0 Å². The standard InChI is InChI=1S/C14H23NO/c1-3-14(16)5-4-10-15-11-13-8-6-12(2)7-9-13/h6-9,14-16H,3-5,10-11H2,1-2H3. The molecule has 1 aromatic carbocycles. The molecule has 0 bridgehead atoms. The smallest absolute Gasteiger partial charge is 0.0538 e. The summed E-state index contributed by atoms with van der Waals surface area (Å²) in [6, 6.07) is 8.59. The minimum atomic E-state index is -0.124. The minimum absolute atomic E-state index is 0.124. The molecule has 2 N–H and O–H groups in total. The first-order valence-electron chi connectivity index (χ1n) is 6.16. The molecule has 0 saturated heterocycles. The van der Waals surface area contributed by atoms with Crippen molar-refractivity contribution in [2.75, 3.05) is 6.54 Å². The maximum absolute atomic E-state index is 9.38. The van der Waals surface area contributed by atoms with Gasteiger partial charge in [0.1, 0.15) is 0 Å². The first-order chi connectivity index (χ1) is 7.72. The summed E-state index contributed by atoms with van der Waals surface area (Å²) in [5, 5.41) is 12.8. The van der Waals surface area contributed by atoms with E-state index in [-0.39, 0.29) is 6.10 Å². The Balaban J connectivity index is 2.09. The van der Waals surface area contributed by atoms with Crippen LogP contribution in [-0.2, 0) is 6.54 Å². The van der Waals surface area contributed by atoms with E-state index in [0.29, 0.717) is 0 Å². The van der Waals surface area contributed by atoms with E-state index in [9.17, 15) is 5.11 Å². The van der Waals surface area contributed by atoms with Crippen molar-refractivity contribution >= 4 is 0 Å². The number of aliphatic hydroxyl groups excluding tert-OH is 1. The molecule has 0 fully saturated rings. The van der Waals surface area contributed by atoms with Crippen LogP contribution in [0, 0.1) is 6.92 Å². The number of nitrogens with one attached hydrogen (secondary N) is 1. The maximum Gasteiger partial charge on any atom is 0.0538 e. The van der Waals surface area contributed by atoms with Gasteiger partial charge in [0.2, 0.25) is 0 Å². The molecule has 90 valence electrons. The van der Waals surface area contributed by atoms with E-state index in [1.165, 1.54) is 11.1 Å². The first-order valence-corrected chi connectivity index (χ1v) is 6.16. The fourth-order valence-electron chi connectivity index (χ4n) is 1.61. The van der Waals surface area contributed by atoms with Gasteiger partial charge in [-0.3, -0.25) is 0 Å². The Hall–Kier alpha value is -0.860. The molecule has 0 aromatic heterocycles. The van der Waals surface area contributed by atoms with Crippen molar-refractivity contribution in [1.29, 1.82) is 0 Å². The molecular formula is C14H23NO. The fourth-order valence-corrected chi connectivity index (χ4v) is 1.61. The van der Waals surface area contributed by atoms with Crippen LogP contribution >= 0.6 is 0 Å². The molecule has 2 nitrogen and oxygen atoms in total. The van der Waals surface area contributed by atoms with Crippen LogP contribution in [0.1, 0.15) is 37.3 Å². The Morgan fingerprint density at radius 3 is 2.56 bits per heavy atom. The average molecular weight is 221 g/mol. The molecule has 0 amide bonds. The highest BCUT2D eigenvalue weighted by Crippen LogP contribution is 2.03. The number of aryl methyl sites for hydroxylation is 1. The normalized spacial score (nSPS) is 12.7. The van der Waals surface area contributed by atoms with Gasteiger partial charge in [-0.2, -0.15) is 0 Å². The Morgan fingerprint density at radius 1 is 1.25 bits per heavy atom. The van der Waals surface area contributed by atoms with Gasteiger partial charge >= 0.3 is 0 Å². The van der Waals surface area contributed by atoms with E-state index in [4.69, 9.17) is 0 Å². The first kappa shape index (κ1) is 13.2. The zero-order valence-electron chi connectivity index (χ0n) is 10.4. The number of benzene rings is 1. The van der Waals surface area contributed by atoms with Crippen LogP contribution in [0.15, 0.2) is 24.3 Å². The summed E-state index contributed by atoms with van der Waals surface area (Å²) < 4.78 is 0. The van der Waals surface area contributed by atoms with Crippen molar-refractivity contribution in [2.24, 2.45) is 0 Å². The van der Waals surface area contributed by atoms with Crippen molar-refractivity contribution < 1.29 is 5.11 Å². The van der Waals surface area contributed by atoms with Gasteiger partial charge in [-0.15, -0.1) is 0 Å². The highest BCUT2D eigenvalue weighted by molar-refractivity contribution is 5.20. The van der Waals surface area contributed by atoms with Crippen LogP contribution in [0.3, 0.4) is 0 Å². The van der Waals surface area contributed by atoms with Gasteiger partial charge in [0.15, 0.2) is 0 Å². The van der Waals surface area contributed by atoms with Gasteiger partial charge in [0.05, 0.1) is 6.10 Å². The lowest BCUT2D eigenvalue weighted by Crippen LogP contribution is -2.16. The summed E-state index contributed by atoms with van der Waals surface area (Å²) in [4.78, 5) is 0. The Morgan fingerprint density at radius 2 is 1.94 bits per heavy atom. The van der Waals surface area contributed by atoms with Crippen LogP contribution in [-0.4, -0.2) is 17.8 Å². The van der Waals surface area contributed by atoms with Gasteiger partial charge < -0.3 is 10.4 Å². The number of hydrogen-bond donors (Lipinski definition) is 2.